The summed E-state index contributed by atoms with van der Waals surface area (Å²) in [5.41, 5.74) is 3.31. The Bertz CT molecular complexity index is 1160. The van der Waals surface area contributed by atoms with Gasteiger partial charge in [0.15, 0.2) is 0 Å². The van der Waals surface area contributed by atoms with Crippen molar-refractivity contribution in [3.8, 4) is 21.1 Å². The number of hydrogen-bond acceptors (Lipinski definition) is 8. The van der Waals surface area contributed by atoms with Crippen molar-refractivity contribution in [1.82, 2.24) is 15.0 Å². The van der Waals surface area contributed by atoms with Crippen LogP contribution in [0.3, 0.4) is 0 Å². The summed E-state index contributed by atoms with van der Waals surface area (Å²) in [6.45, 7) is 2.58. The molecule has 0 atom stereocenters. The lowest BCUT2D eigenvalue weighted by Crippen LogP contribution is -2.37. The lowest BCUT2D eigenvalue weighted by molar-refractivity contribution is 0.158. The van der Waals surface area contributed by atoms with Crippen LogP contribution < -0.4 is 4.31 Å². The maximum absolute atomic E-state index is 12.2. The van der Waals surface area contributed by atoms with E-state index >= 15 is 0 Å². The molecule has 3 aromatic rings. The first kappa shape index (κ1) is 19.5. The van der Waals surface area contributed by atoms with Crippen LogP contribution in [0.25, 0.3) is 21.1 Å². The molecule has 0 radical (unpaired) electrons. The number of pyridine rings is 2. The zero-order valence-electron chi connectivity index (χ0n) is 15.9. The molecule has 150 valence electrons. The zero-order chi connectivity index (χ0) is 20.4. The van der Waals surface area contributed by atoms with E-state index in [9.17, 15) is 8.42 Å². The van der Waals surface area contributed by atoms with E-state index in [1.54, 1.807) is 30.7 Å². The third-order valence-corrected chi connectivity index (χ3v) is 6.59. The first-order valence-corrected chi connectivity index (χ1v) is 11.7. The van der Waals surface area contributed by atoms with Gasteiger partial charge in [-0.25, -0.2) is 18.4 Å². The van der Waals surface area contributed by atoms with Crippen molar-refractivity contribution >= 4 is 32.8 Å². The zero-order valence-corrected chi connectivity index (χ0v) is 17.6. The van der Waals surface area contributed by atoms with E-state index in [4.69, 9.17) is 9.82 Å². The Balaban J connectivity index is 1.77. The van der Waals surface area contributed by atoms with E-state index in [1.807, 2.05) is 19.1 Å². The summed E-state index contributed by atoms with van der Waals surface area (Å²) < 4.78 is 25.8. The van der Waals surface area contributed by atoms with Crippen molar-refractivity contribution in [2.75, 3.05) is 23.7 Å². The number of rotatable bonds is 5. The largest absolute Gasteiger partial charge is 0.396 e. The Morgan fingerprint density at radius 1 is 1.28 bits per heavy atom. The summed E-state index contributed by atoms with van der Waals surface area (Å²) in [6, 6.07) is 7.39. The first-order valence-electron chi connectivity index (χ1n) is 9.02. The maximum Gasteiger partial charge on any atom is 0.232 e. The van der Waals surface area contributed by atoms with Gasteiger partial charge in [0, 0.05) is 37.1 Å². The molecule has 0 amide bonds. The Morgan fingerprint density at radius 3 is 2.86 bits per heavy atom. The first-order chi connectivity index (χ1) is 14.0. The minimum absolute atomic E-state index is 0.310. The summed E-state index contributed by atoms with van der Waals surface area (Å²) in [7, 11) is -3.41. The molecule has 4 heterocycles. The van der Waals surface area contributed by atoms with Crippen molar-refractivity contribution in [2.45, 2.75) is 13.3 Å². The molecule has 0 unspecified atom stereocenters. The van der Waals surface area contributed by atoms with Crippen LogP contribution in [0.2, 0.25) is 0 Å². The molecule has 0 bridgehead atoms. The predicted molar refractivity (Wildman–Crippen MR) is 114 cm³/mol. The third kappa shape index (κ3) is 3.99. The van der Waals surface area contributed by atoms with Crippen LogP contribution >= 0.6 is 11.3 Å². The fourth-order valence-corrected chi connectivity index (χ4v) is 4.84. The minimum Gasteiger partial charge on any atom is -0.396 e. The van der Waals surface area contributed by atoms with Crippen molar-refractivity contribution in [2.24, 2.45) is 5.16 Å². The average Bonchev–Trinajstić information content (AvgIpc) is 3.21. The number of anilines is 1. The molecule has 0 fully saturated rings. The second kappa shape index (κ2) is 7.88. The van der Waals surface area contributed by atoms with E-state index < -0.39 is 10.0 Å². The molecule has 0 saturated carbocycles. The summed E-state index contributed by atoms with van der Waals surface area (Å²) in [5, 5.41) is 5.00. The maximum atomic E-state index is 12.2. The number of hydrogen-bond donors (Lipinski definition) is 0. The Hall–Kier alpha value is -2.85. The van der Waals surface area contributed by atoms with Gasteiger partial charge in [0.2, 0.25) is 10.0 Å². The monoisotopic (exact) mass is 429 g/mol. The van der Waals surface area contributed by atoms with Crippen LogP contribution in [0, 0.1) is 0 Å². The second-order valence-corrected chi connectivity index (χ2v) is 9.31. The normalized spacial score (nSPS) is 15.4. The quantitative estimate of drug-likeness (QED) is 0.578. The van der Waals surface area contributed by atoms with Gasteiger partial charge in [-0.15, -0.1) is 11.3 Å². The number of sulfonamides is 1. The van der Waals surface area contributed by atoms with Crippen molar-refractivity contribution < 1.29 is 13.3 Å². The number of fused-ring (bicyclic) bond motifs is 1. The molecule has 10 heteroatoms. The Kier molecular flexibility index (Phi) is 5.29. The number of aromatic nitrogens is 3. The highest BCUT2D eigenvalue weighted by Crippen LogP contribution is 2.34. The molecule has 0 spiro atoms. The molecular formula is C19H19N5O3S2. The molecule has 3 aromatic heterocycles. The molecule has 0 N–H and O–H groups in total. The Morgan fingerprint density at radius 2 is 2.14 bits per heavy atom. The van der Waals surface area contributed by atoms with Gasteiger partial charge in [-0.2, -0.15) is 0 Å². The van der Waals surface area contributed by atoms with Crippen LogP contribution in [0.15, 0.2) is 48.0 Å². The summed E-state index contributed by atoms with van der Waals surface area (Å²) in [4.78, 5) is 19.4. The van der Waals surface area contributed by atoms with E-state index in [0.717, 1.165) is 15.4 Å². The van der Waals surface area contributed by atoms with Crippen LogP contribution in [0.1, 0.15) is 19.0 Å². The van der Waals surface area contributed by atoms with Gasteiger partial charge < -0.3 is 4.84 Å². The highest BCUT2D eigenvalue weighted by molar-refractivity contribution is 7.92. The minimum atomic E-state index is -3.41. The lowest BCUT2D eigenvalue weighted by atomic mass is 10.1. The smallest absolute Gasteiger partial charge is 0.232 e. The van der Waals surface area contributed by atoms with Crippen molar-refractivity contribution in [3.05, 3.63) is 48.5 Å². The molecule has 1 aliphatic rings. The number of thiazole rings is 1. The van der Waals surface area contributed by atoms with E-state index in [-0.39, 0.29) is 0 Å². The van der Waals surface area contributed by atoms with Crippen LogP contribution in [-0.4, -0.2) is 48.5 Å². The Labute approximate surface area is 173 Å². The molecule has 29 heavy (non-hydrogen) atoms. The summed E-state index contributed by atoms with van der Waals surface area (Å²) >= 11 is 1.50. The lowest BCUT2D eigenvalue weighted by Gasteiger charge is -2.29. The topological polar surface area (TPSA) is 97.6 Å². The van der Waals surface area contributed by atoms with E-state index in [2.05, 4.69) is 15.1 Å². The SMILES string of the molecule is CCO/N=C1\CCN(S(C)(=O)=O)c2ccc(-c3cnc(-c4cccnc4)s3)nc21. The number of nitrogens with zero attached hydrogens (tertiary/aromatic N) is 5. The van der Waals surface area contributed by atoms with E-state index in [0.29, 0.717) is 42.4 Å². The summed E-state index contributed by atoms with van der Waals surface area (Å²) in [6.07, 6.45) is 6.87. The molecule has 1 aliphatic heterocycles. The van der Waals surface area contributed by atoms with Gasteiger partial charge in [0.1, 0.15) is 23.0 Å². The molecule has 0 aliphatic carbocycles. The fraction of sp³-hybridized carbons (Fsp3) is 0.263. The molecule has 8 nitrogen and oxygen atoms in total. The molecule has 4 rings (SSSR count). The number of oxime groups is 1. The van der Waals surface area contributed by atoms with Gasteiger partial charge >= 0.3 is 0 Å². The van der Waals surface area contributed by atoms with Gasteiger partial charge in [0.25, 0.3) is 0 Å². The molecular weight excluding hydrogens is 410 g/mol. The van der Waals surface area contributed by atoms with Crippen LogP contribution in [0.4, 0.5) is 5.69 Å². The van der Waals surface area contributed by atoms with Crippen molar-refractivity contribution in [1.29, 1.82) is 0 Å². The fourth-order valence-electron chi connectivity index (χ4n) is 3.04. The molecule has 0 aromatic carbocycles. The highest BCUT2D eigenvalue weighted by atomic mass is 32.2. The highest BCUT2D eigenvalue weighted by Gasteiger charge is 2.29. The molecule has 0 saturated heterocycles. The van der Waals surface area contributed by atoms with Crippen LogP contribution in [0.5, 0.6) is 0 Å². The predicted octanol–water partition coefficient (Wildman–Crippen LogP) is 3.18. The van der Waals surface area contributed by atoms with Gasteiger partial charge in [-0.1, -0.05) is 5.16 Å². The van der Waals surface area contributed by atoms with Gasteiger partial charge in [0.05, 0.1) is 22.5 Å². The van der Waals surface area contributed by atoms with Crippen LogP contribution in [-0.2, 0) is 14.9 Å². The second-order valence-electron chi connectivity index (χ2n) is 6.38. The third-order valence-electron chi connectivity index (χ3n) is 4.34. The average molecular weight is 430 g/mol. The summed E-state index contributed by atoms with van der Waals surface area (Å²) in [5.74, 6) is 0. The van der Waals surface area contributed by atoms with Crippen molar-refractivity contribution in [3.63, 3.8) is 0 Å². The van der Waals surface area contributed by atoms with Gasteiger partial charge in [-0.05, 0) is 31.2 Å². The standard InChI is InChI=1S/C19H19N5O3S2/c1-3-27-23-15-8-10-24(29(2,25)26)16-7-6-14(22-18(15)16)17-12-21-19(28-17)13-5-4-9-20-11-13/h4-7,9,11-12H,3,8,10H2,1-2H3/b23-15+. The van der Waals surface area contributed by atoms with E-state index in [1.165, 1.54) is 21.9 Å². The van der Waals surface area contributed by atoms with Gasteiger partial charge in [-0.3, -0.25) is 9.29 Å².